The first kappa shape index (κ1) is 9.08. The maximum absolute atomic E-state index is 11.3. The van der Waals surface area contributed by atoms with Gasteiger partial charge in [-0.05, 0) is 6.42 Å². The van der Waals surface area contributed by atoms with Gasteiger partial charge in [-0.3, -0.25) is 4.79 Å². The van der Waals surface area contributed by atoms with E-state index >= 15 is 0 Å². The van der Waals surface area contributed by atoms with Crippen LogP contribution in [0.25, 0.3) is 0 Å². The predicted octanol–water partition coefficient (Wildman–Crippen LogP) is -0.00700. The Morgan fingerprint density at radius 2 is 2.50 bits per heavy atom. The van der Waals surface area contributed by atoms with Crippen molar-refractivity contribution in [1.82, 2.24) is 4.90 Å². The Balaban J connectivity index is 2.29. The van der Waals surface area contributed by atoms with E-state index in [0.29, 0.717) is 32.4 Å². The Morgan fingerprint density at radius 3 is 3.00 bits per heavy atom. The van der Waals surface area contributed by atoms with E-state index in [2.05, 4.69) is 5.92 Å². The van der Waals surface area contributed by atoms with Crippen molar-refractivity contribution in [3.8, 4) is 12.3 Å². The van der Waals surface area contributed by atoms with Crippen LogP contribution in [-0.4, -0.2) is 35.1 Å². The Kier molecular flexibility index (Phi) is 3.12. The molecule has 66 valence electrons. The van der Waals surface area contributed by atoms with Crippen LogP contribution in [0, 0.1) is 12.3 Å². The summed E-state index contributed by atoms with van der Waals surface area (Å²) in [6.07, 6.45) is 6.29. The number of carbonyl (C=O) groups is 1. The van der Waals surface area contributed by atoms with Crippen molar-refractivity contribution in [3.63, 3.8) is 0 Å². The second-order valence-corrected chi connectivity index (χ2v) is 2.99. The van der Waals surface area contributed by atoms with Crippen molar-refractivity contribution in [1.29, 1.82) is 0 Å². The van der Waals surface area contributed by atoms with Gasteiger partial charge in [0.2, 0.25) is 5.91 Å². The first-order chi connectivity index (χ1) is 5.74. The normalized spacial score (nSPS) is 22.3. The molecule has 0 bridgehead atoms. The summed E-state index contributed by atoms with van der Waals surface area (Å²) in [5.74, 6) is 2.48. The molecule has 12 heavy (non-hydrogen) atoms. The van der Waals surface area contributed by atoms with Crippen molar-refractivity contribution in [2.24, 2.45) is 0 Å². The lowest BCUT2D eigenvalue weighted by Crippen LogP contribution is -2.29. The van der Waals surface area contributed by atoms with E-state index in [4.69, 9.17) is 11.5 Å². The third-order valence-corrected chi connectivity index (χ3v) is 2.00. The topological polar surface area (TPSA) is 40.5 Å². The van der Waals surface area contributed by atoms with E-state index in [0.717, 1.165) is 0 Å². The van der Waals surface area contributed by atoms with Gasteiger partial charge in [0.15, 0.2) is 0 Å². The second-order valence-electron chi connectivity index (χ2n) is 2.99. The number of terminal acetylenes is 1. The van der Waals surface area contributed by atoms with Gasteiger partial charge in [0.1, 0.15) is 0 Å². The van der Waals surface area contributed by atoms with Crippen LogP contribution in [0.4, 0.5) is 0 Å². The minimum atomic E-state index is -0.334. The summed E-state index contributed by atoms with van der Waals surface area (Å²) in [5.41, 5.74) is 0. The molecule has 1 N–H and O–H groups in total. The largest absolute Gasteiger partial charge is 0.391 e. The van der Waals surface area contributed by atoms with Crippen LogP contribution in [0.5, 0.6) is 0 Å². The molecule has 0 spiro atoms. The molecular weight excluding hydrogens is 154 g/mol. The number of hydrogen-bond acceptors (Lipinski definition) is 2. The van der Waals surface area contributed by atoms with Gasteiger partial charge < -0.3 is 10.0 Å². The fourth-order valence-corrected chi connectivity index (χ4v) is 1.31. The summed E-state index contributed by atoms with van der Waals surface area (Å²) in [4.78, 5) is 12.9. The van der Waals surface area contributed by atoms with Gasteiger partial charge in [-0.2, -0.15) is 0 Å². The average molecular weight is 167 g/mol. The summed E-state index contributed by atoms with van der Waals surface area (Å²) in [5, 5.41) is 9.14. The molecule has 3 heteroatoms. The maximum Gasteiger partial charge on any atom is 0.223 e. The molecule has 1 aliphatic rings. The van der Waals surface area contributed by atoms with Gasteiger partial charge in [0.25, 0.3) is 0 Å². The smallest absolute Gasteiger partial charge is 0.223 e. The Bertz CT molecular complexity index is 207. The number of hydrogen-bond donors (Lipinski definition) is 1. The van der Waals surface area contributed by atoms with Gasteiger partial charge in [-0.15, -0.1) is 12.3 Å². The number of carbonyl (C=O) groups excluding carboxylic acids is 1. The summed E-state index contributed by atoms with van der Waals surface area (Å²) < 4.78 is 0. The number of nitrogens with zero attached hydrogens (tertiary/aromatic N) is 1. The zero-order chi connectivity index (χ0) is 8.97. The number of aliphatic hydroxyl groups is 1. The lowest BCUT2D eigenvalue weighted by molar-refractivity contribution is -0.130. The highest BCUT2D eigenvalue weighted by molar-refractivity contribution is 5.76. The Morgan fingerprint density at radius 1 is 1.75 bits per heavy atom. The highest BCUT2D eigenvalue weighted by atomic mass is 16.3. The number of likely N-dealkylation sites (tertiary alicyclic amines) is 1. The van der Waals surface area contributed by atoms with E-state index < -0.39 is 0 Å². The van der Waals surface area contributed by atoms with Crippen molar-refractivity contribution in [3.05, 3.63) is 0 Å². The average Bonchev–Trinajstić information content (AvgIpc) is 2.47. The molecule has 0 radical (unpaired) electrons. The molecule has 1 rings (SSSR count). The summed E-state index contributed by atoms with van der Waals surface area (Å²) >= 11 is 0. The molecule has 1 heterocycles. The number of aliphatic hydroxyl groups excluding tert-OH is 1. The van der Waals surface area contributed by atoms with Crippen molar-refractivity contribution in [2.45, 2.75) is 25.4 Å². The van der Waals surface area contributed by atoms with E-state index in [1.807, 2.05) is 0 Å². The summed E-state index contributed by atoms with van der Waals surface area (Å²) in [7, 11) is 0. The predicted molar refractivity (Wildman–Crippen MR) is 45.3 cm³/mol. The first-order valence-corrected chi connectivity index (χ1v) is 4.13. The first-order valence-electron chi connectivity index (χ1n) is 4.13. The minimum Gasteiger partial charge on any atom is -0.391 e. The molecule has 1 atom stereocenters. The third-order valence-electron chi connectivity index (χ3n) is 2.00. The van der Waals surface area contributed by atoms with Crippen LogP contribution in [0.2, 0.25) is 0 Å². The molecule has 0 aromatic rings. The van der Waals surface area contributed by atoms with Crippen LogP contribution >= 0.6 is 0 Å². The quantitative estimate of drug-likeness (QED) is 0.588. The molecule has 1 amide bonds. The standard InChI is InChI=1S/C9H13NO2/c1-2-3-4-9(12)10-6-5-8(11)7-10/h1,8,11H,3-7H2. The van der Waals surface area contributed by atoms with Gasteiger partial charge in [-0.25, -0.2) is 0 Å². The van der Waals surface area contributed by atoms with Gasteiger partial charge in [-0.1, -0.05) is 0 Å². The van der Waals surface area contributed by atoms with Crippen LogP contribution in [0.15, 0.2) is 0 Å². The fraction of sp³-hybridized carbons (Fsp3) is 0.667. The van der Waals surface area contributed by atoms with Crippen LogP contribution in [0.3, 0.4) is 0 Å². The molecule has 1 unspecified atom stereocenters. The number of β-amino-alcohol motifs (C(OH)–C–C–N with tert-alkyl or cyclic N) is 1. The lowest BCUT2D eigenvalue weighted by Gasteiger charge is -2.14. The molecule has 1 aliphatic heterocycles. The lowest BCUT2D eigenvalue weighted by atomic mass is 10.3. The van der Waals surface area contributed by atoms with Crippen LogP contribution < -0.4 is 0 Å². The van der Waals surface area contributed by atoms with Gasteiger partial charge >= 0.3 is 0 Å². The molecule has 0 saturated carbocycles. The molecule has 0 aromatic heterocycles. The van der Waals surface area contributed by atoms with Gasteiger partial charge in [0, 0.05) is 25.9 Å². The van der Waals surface area contributed by atoms with Gasteiger partial charge in [0.05, 0.1) is 6.10 Å². The van der Waals surface area contributed by atoms with Crippen LogP contribution in [-0.2, 0) is 4.79 Å². The molecule has 0 aromatic carbocycles. The highest BCUT2D eigenvalue weighted by Crippen LogP contribution is 2.10. The van der Waals surface area contributed by atoms with E-state index in [9.17, 15) is 4.79 Å². The summed E-state index contributed by atoms with van der Waals surface area (Å²) in [6.45, 7) is 1.15. The van der Waals surface area contributed by atoms with E-state index in [1.54, 1.807) is 4.90 Å². The van der Waals surface area contributed by atoms with E-state index in [-0.39, 0.29) is 12.0 Å². The van der Waals surface area contributed by atoms with Crippen molar-refractivity contribution < 1.29 is 9.90 Å². The molecule has 1 fully saturated rings. The SMILES string of the molecule is C#CCCC(=O)N1CCC(O)C1. The fourth-order valence-electron chi connectivity index (χ4n) is 1.31. The molecular formula is C9H13NO2. The zero-order valence-electron chi connectivity index (χ0n) is 6.99. The summed E-state index contributed by atoms with van der Waals surface area (Å²) in [6, 6.07) is 0. The van der Waals surface area contributed by atoms with Crippen molar-refractivity contribution in [2.75, 3.05) is 13.1 Å². The Labute approximate surface area is 72.4 Å². The Hall–Kier alpha value is -1.01. The van der Waals surface area contributed by atoms with Crippen LogP contribution in [0.1, 0.15) is 19.3 Å². The molecule has 1 saturated heterocycles. The van der Waals surface area contributed by atoms with E-state index in [1.165, 1.54) is 0 Å². The second kappa shape index (κ2) is 4.13. The maximum atomic E-state index is 11.3. The highest BCUT2D eigenvalue weighted by Gasteiger charge is 2.23. The molecule has 3 nitrogen and oxygen atoms in total. The monoisotopic (exact) mass is 167 g/mol. The van der Waals surface area contributed by atoms with Crippen molar-refractivity contribution >= 4 is 5.91 Å². The number of rotatable bonds is 2. The molecule has 0 aliphatic carbocycles. The zero-order valence-corrected chi connectivity index (χ0v) is 6.99. The number of amides is 1. The minimum absolute atomic E-state index is 0.0597. The third kappa shape index (κ3) is 2.24.